The second kappa shape index (κ2) is 6.15. The lowest BCUT2D eigenvalue weighted by molar-refractivity contribution is 0.597. The zero-order chi connectivity index (χ0) is 13.8. The van der Waals surface area contributed by atoms with Crippen LogP contribution in [0, 0.1) is 0 Å². The number of hydrogen-bond acceptors (Lipinski definition) is 5. The third kappa shape index (κ3) is 3.68. The first kappa shape index (κ1) is 14.9. The van der Waals surface area contributed by atoms with Crippen molar-refractivity contribution in [2.24, 2.45) is 5.73 Å². The fraction of sp³-hybridized carbons (Fsp3) is 0.583. The Morgan fingerprint density at radius 2 is 2.11 bits per heavy atom. The highest BCUT2D eigenvalue weighted by Crippen LogP contribution is 2.24. The van der Waals surface area contributed by atoms with Crippen molar-refractivity contribution in [3.8, 4) is 0 Å². The molecule has 0 radical (unpaired) electrons. The normalized spacial score (nSPS) is 11.8. The minimum Gasteiger partial charge on any atom is -0.353 e. The Bertz CT molecular complexity index is 486. The molecule has 0 aliphatic rings. The minimum atomic E-state index is -3.27. The van der Waals surface area contributed by atoms with Gasteiger partial charge in [0.2, 0.25) is 0 Å². The number of hydrogen-bond donors (Lipinski definition) is 1. The fourth-order valence-corrected chi connectivity index (χ4v) is 2.59. The molecule has 1 aromatic rings. The zero-order valence-electron chi connectivity index (χ0n) is 11.1. The van der Waals surface area contributed by atoms with Gasteiger partial charge in [0.15, 0.2) is 9.84 Å². The van der Waals surface area contributed by atoms with Gasteiger partial charge in [-0.3, -0.25) is 0 Å². The number of nitrogens with zero attached hydrogens (tertiary/aromatic N) is 2. The molecule has 0 atom stereocenters. The average molecular weight is 271 g/mol. The molecule has 18 heavy (non-hydrogen) atoms. The van der Waals surface area contributed by atoms with Crippen molar-refractivity contribution in [3.63, 3.8) is 0 Å². The zero-order valence-corrected chi connectivity index (χ0v) is 11.9. The van der Waals surface area contributed by atoms with Crippen LogP contribution in [-0.2, 0) is 9.84 Å². The maximum absolute atomic E-state index is 11.8. The van der Waals surface area contributed by atoms with Crippen LogP contribution >= 0.6 is 0 Å². The van der Waals surface area contributed by atoms with Crippen molar-refractivity contribution in [1.82, 2.24) is 4.98 Å². The summed E-state index contributed by atoms with van der Waals surface area (Å²) in [5.74, 6) is 0.517. The second-order valence-electron chi connectivity index (χ2n) is 4.53. The van der Waals surface area contributed by atoms with Crippen LogP contribution in [0.4, 0.5) is 5.82 Å². The summed E-state index contributed by atoms with van der Waals surface area (Å²) in [6.45, 7) is 5.30. The minimum absolute atomic E-state index is 0.173. The molecule has 0 aromatic carbocycles. The molecule has 1 heterocycles. The third-order valence-corrected chi connectivity index (χ3v) is 3.77. The van der Waals surface area contributed by atoms with Gasteiger partial charge in [-0.1, -0.05) is 0 Å². The standard InChI is InChI=1S/C12H21N3O2S/c1-10(2)15(9-5-7-13)12-11(18(3,16)17)6-4-8-14-12/h4,6,8,10H,5,7,9,13H2,1-3H3. The van der Waals surface area contributed by atoms with E-state index in [1.165, 1.54) is 6.26 Å². The molecule has 0 bridgehead atoms. The molecular formula is C12H21N3O2S. The molecule has 0 aliphatic carbocycles. The molecule has 0 saturated heterocycles. The Balaban J connectivity index is 3.20. The van der Waals surface area contributed by atoms with Crippen molar-refractivity contribution in [3.05, 3.63) is 18.3 Å². The largest absolute Gasteiger partial charge is 0.353 e. The molecule has 6 heteroatoms. The average Bonchev–Trinajstić information content (AvgIpc) is 2.28. The Morgan fingerprint density at radius 3 is 2.61 bits per heavy atom. The Morgan fingerprint density at radius 1 is 1.44 bits per heavy atom. The summed E-state index contributed by atoms with van der Waals surface area (Å²) in [5, 5.41) is 0. The third-order valence-electron chi connectivity index (χ3n) is 2.65. The van der Waals surface area contributed by atoms with Crippen LogP contribution in [-0.4, -0.2) is 38.8 Å². The Hall–Kier alpha value is -1.14. The first-order chi connectivity index (χ1) is 8.38. The number of pyridine rings is 1. The molecule has 0 saturated carbocycles. The summed E-state index contributed by atoms with van der Waals surface area (Å²) in [5.41, 5.74) is 5.51. The topological polar surface area (TPSA) is 76.3 Å². The van der Waals surface area contributed by atoms with Crippen molar-refractivity contribution >= 4 is 15.7 Å². The maximum Gasteiger partial charge on any atom is 0.179 e. The van der Waals surface area contributed by atoms with E-state index in [1.54, 1.807) is 18.3 Å². The molecule has 0 amide bonds. The van der Waals surface area contributed by atoms with Gasteiger partial charge in [-0.2, -0.15) is 0 Å². The Labute approximate surface area is 109 Å². The first-order valence-corrected chi connectivity index (χ1v) is 7.89. The molecule has 0 spiro atoms. The lowest BCUT2D eigenvalue weighted by Gasteiger charge is -2.29. The summed E-state index contributed by atoms with van der Waals surface area (Å²) < 4.78 is 23.5. The van der Waals surface area contributed by atoms with E-state index in [2.05, 4.69) is 4.98 Å². The van der Waals surface area contributed by atoms with Gasteiger partial charge in [0, 0.05) is 25.0 Å². The summed E-state index contributed by atoms with van der Waals surface area (Å²) >= 11 is 0. The molecule has 5 nitrogen and oxygen atoms in total. The number of aromatic nitrogens is 1. The van der Waals surface area contributed by atoms with Crippen molar-refractivity contribution in [1.29, 1.82) is 0 Å². The smallest absolute Gasteiger partial charge is 0.179 e. The number of anilines is 1. The van der Waals surface area contributed by atoms with Gasteiger partial charge < -0.3 is 10.6 Å². The van der Waals surface area contributed by atoms with Gasteiger partial charge in [-0.05, 0) is 38.9 Å². The highest BCUT2D eigenvalue weighted by molar-refractivity contribution is 7.90. The van der Waals surface area contributed by atoms with Gasteiger partial charge in [0.1, 0.15) is 10.7 Å². The lowest BCUT2D eigenvalue weighted by Crippen LogP contribution is -2.34. The van der Waals surface area contributed by atoms with Gasteiger partial charge in [-0.25, -0.2) is 13.4 Å². The number of rotatable bonds is 6. The van der Waals surface area contributed by atoms with E-state index >= 15 is 0 Å². The first-order valence-electron chi connectivity index (χ1n) is 5.99. The SMILES string of the molecule is CC(C)N(CCCN)c1ncccc1S(C)(=O)=O. The maximum atomic E-state index is 11.8. The molecule has 0 aliphatic heterocycles. The second-order valence-corrected chi connectivity index (χ2v) is 6.51. The Kier molecular flexibility index (Phi) is 5.10. The lowest BCUT2D eigenvalue weighted by atomic mass is 10.2. The molecule has 2 N–H and O–H groups in total. The van der Waals surface area contributed by atoms with Crippen LogP contribution < -0.4 is 10.6 Å². The molecule has 0 unspecified atom stereocenters. The fourth-order valence-electron chi connectivity index (χ4n) is 1.76. The highest BCUT2D eigenvalue weighted by atomic mass is 32.2. The number of sulfone groups is 1. The van der Waals surface area contributed by atoms with Crippen molar-refractivity contribution < 1.29 is 8.42 Å². The van der Waals surface area contributed by atoms with E-state index < -0.39 is 9.84 Å². The van der Waals surface area contributed by atoms with E-state index in [0.29, 0.717) is 18.9 Å². The molecular weight excluding hydrogens is 250 g/mol. The van der Waals surface area contributed by atoms with Gasteiger partial charge >= 0.3 is 0 Å². The van der Waals surface area contributed by atoms with E-state index in [4.69, 9.17) is 5.73 Å². The van der Waals surface area contributed by atoms with E-state index in [-0.39, 0.29) is 10.9 Å². The summed E-state index contributed by atoms with van der Waals surface area (Å²) in [6.07, 6.45) is 3.62. The highest BCUT2D eigenvalue weighted by Gasteiger charge is 2.20. The van der Waals surface area contributed by atoms with Gasteiger partial charge in [0.25, 0.3) is 0 Å². The molecule has 1 aromatic heterocycles. The van der Waals surface area contributed by atoms with Crippen LogP contribution in [0.2, 0.25) is 0 Å². The van der Waals surface area contributed by atoms with Crippen LogP contribution in [0.15, 0.2) is 23.2 Å². The predicted molar refractivity (Wildman–Crippen MR) is 73.5 cm³/mol. The molecule has 102 valence electrons. The molecule has 0 fully saturated rings. The van der Waals surface area contributed by atoms with E-state index in [9.17, 15) is 8.42 Å². The monoisotopic (exact) mass is 271 g/mol. The van der Waals surface area contributed by atoms with Crippen molar-refractivity contribution in [2.75, 3.05) is 24.2 Å². The summed E-state index contributed by atoms with van der Waals surface area (Å²) in [7, 11) is -3.27. The summed E-state index contributed by atoms with van der Waals surface area (Å²) in [6, 6.07) is 3.41. The van der Waals surface area contributed by atoms with Gasteiger partial charge in [0.05, 0.1) is 0 Å². The van der Waals surface area contributed by atoms with E-state index in [1.807, 2.05) is 18.7 Å². The van der Waals surface area contributed by atoms with Crippen LogP contribution in [0.1, 0.15) is 20.3 Å². The van der Waals surface area contributed by atoms with Crippen LogP contribution in [0.5, 0.6) is 0 Å². The van der Waals surface area contributed by atoms with Crippen LogP contribution in [0.3, 0.4) is 0 Å². The predicted octanol–water partition coefficient (Wildman–Crippen LogP) is 1.05. The quantitative estimate of drug-likeness (QED) is 0.837. The number of nitrogens with two attached hydrogens (primary N) is 1. The van der Waals surface area contributed by atoms with E-state index in [0.717, 1.165) is 6.42 Å². The molecule has 1 rings (SSSR count). The van der Waals surface area contributed by atoms with Gasteiger partial charge in [-0.15, -0.1) is 0 Å². The van der Waals surface area contributed by atoms with Crippen molar-refractivity contribution in [2.45, 2.75) is 31.2 Å². The summed E-state index contributed by atoms with van der Waals surface area (Å²) in [4.78, 5) is 6.47. The van der Waals surface area contributed by atoms with Crippen LogP contribution in [0.25, 0.3) is 0 Å².